The Labute approximate surface area is 144 Å². The molecule has 2 heterocycles. The molecule has 0 spiro atoms. The maximum atomic E-state index is 10.5. The number of benzene rings is 1. The van der Waals surface area contributed by atoms with Crippen molar-refractivity contribution in [1.29, 1.82) is 0 Å². The van der Waals surface area contributed by atoms with Gasteiger partial charge < -0.3 is 25.2 Å². The molecule has 3 rings (SSSR count). The van der Waals surface area contributed by atoms with Gasteiger partial charge >= 0.3 is 0 Å². The first-order valence-electron chi connectivity index (χ1n) is 9.12. The molecule has 0 radical (unpaired) electrons. The summed E-state index contributed by atoms with van der Waals surface area (Å²) in [5.74, 6) is 0. The quantitative estimate of drug-likeness (QED) is 0.767. The molecule has 2 aliphatic heterocycles. The van der Waals surface area contributed by atoms with Gasteiger partial charge in [-0.2, -0.15) is 0 Å². The third kappa shape index (κ3) is 4.48. The van der Waals surface area contributed by atoms with Crippen LogP contribution in [0.4, 0.5) is 5.69 Å². The molecule has 1 aromatic carbocycles. The van der Waals surface area contributed by atoms with E-state index in [2.05, 4.69) is 41.4 Å². The van der Waals surface area contributed by atoms with Crippen molar-refractivity contribution in [2.24, 2.45) is 0 Å². The highest BCUT2D eigenvalue weighted by Gasteiger charge is 2.29. The molecule has 0 bridgehead atoms. The minimum atomic E-state index is -0.638. The van der Waals surface area contributed by atoms with Gasteiger partial charge in [0.05, 0.1) is 11.7 Å². The Bertz CT molecular complexity index is 506. The summed E-state index contributed by atoms with van der Waals surface area (Å²) in [4.78, 5) is 2.33. The highest BCUT2D eigenvalue weighted by Crippen LogP contribution is 2.24. The smallest absolute Gasteiger partial charge is 0.0815 e. The molecule has 24 heavy (non-hydrogen) atoms. The normalized spacial score (nSPS) is 23.2. The number of hydrogen-bond donors (Lipinski definition) is 3. The van der Waals surface area contributed by atoms with E-state index in [4.69, 9.17) is 4.74 Å². The Morgan fingerprint density at radius 1 is 1.21 bits per heavy atom. The number of anilines is 1. The predicted molar refractivity (Wildman–Crippen MR) is 95.3 cm³/mol. The Hall–Kier alpha value is -1.14. The molecule has 0 aromatic heterocycles. The summed E-state index contributed by atoms with van der Waals surface area (Å²) < 4.78 is 5.33. The van der Waals surface area contributed by atoms with E-state index < -0.39 is 5.60 Å². The van der Waals surface area contributed by atoms with E-state index in [0.29, 0.717) is 32.6 Å². The van der Waals surface area contributed by atoms with Crippen molar-refractivity contribution >= 4 is 5.69 Å². The van der Waals surface area contributed by atoms with E-state index in [1.807, 2.05) is 0 Å². The first kappa shape index (κ1) is 17.7. The fraction of sp³-hybridized carbons (Fsp3) is 0.684. The number of aliphatic hydroxyl groups is 2. The van der Waals surface area contributed by atoms with Crippen molar-refractivity contribution in [3.63, 3.8) is 0 Å². The van der Waals surface area contributed by atoms with Gasteiger partial charge in [-0.3, -0.25) is 0 Å². The van der Waals surface area contributed by atoms with Gasteiger partial charge in [0.2, 0.25) is 0 Å². The number of hydrogen-bond acceptors (Lipinski definition) is 5. The van der Waals surface area contributed by atoms with Crippen LogP contribution in [-0.4, -0.2) is 54.8 Å². The fourth-order valence-corrected chi connectivity index (χ4v) is 3.49. The monoisotopic (exact) mass is 334 g/mol. The van der Waals surface area contributed by atoms with Crippen LogP contribution in [0, 0.1) is 0 Å². The second kappa shape index (κ2) is 7.83. The van der Waals surface area contributed by atoms with E-state index >= 15 is 0 Å². The summed E-state index contributed by atoms with van der Waals surface area (Å²) in [6.45, 7) is 5.86. The Morgan fingerprint density at radius 3 is 2.46 bits per heavy atom. The molecule has 2 saturated heterocycles. The van der Waals surface area contributed by atoms with Crippen molar-refractivity contribution in [2.75, 3.05) is 37.7 Å². The lowest BCUT2D eigenvalue weighted by molar-refractivity contribution is -0.0626. The van der Waals surface area contributed by atoms with Gasteiger partial charge in [-0.05, 0) is 37.5 Å². The summed E-state index contributed by atoms with van der Waals surface area (Å²) in [5.41, 5.74) is 1.81. The maximum absolute atomic E-state index is 10.5. The van der Waals surface area contributed by atoms with Gasteiger partial charge in [0, 0.05) is 57.4 Å². The first-order chi connectivity index (χ1) is 11.6. The van der Waals surface area contributed by atoms with Crippen molar-refractivity contribution < 1.29 is 14.9 Å². The van der Waals surface area contributed by atoms with Gasteiger partial charge in [0.15, 0.2) is 0 Å². The Balaban J connectivity index is 1.52. The van der Waals surface area contributed by atoms with E-state index in [-0.39, 0.29) is 12.1 Å². The molecule has 5 nitrogen and oxygen atoms in total. The lowest BCUT2D eigenvalue weighted by Crippen LogP contribution is -2.45. The maximum Gasteiger partial charge on any atom is 0.0815 e. The number of ether oxygens (including phenoxy) is 1. The van der Waals surface area contributed by atoms with E-state index in [1.54, 1.807) is 0 Å². The second-order valence-corrected chi connectivity index (χ2v) is 7.25. The molecule has 134 valence electrons. The van der Waals surface area contributed by atoms with Crippen molar-refractivity contribution in [2.45, 2.75) is 50.4 Å². The topological polar surface area (TPSA) is 65.0 Å². The number of piperidine rings is 1. The van der Waals surface area contributed by atoms with Crippen LogP contribution in [0.15, 0.2) is 24.3 Å². The first-order valence-corrected chi connectivity index (χ1v) is 9.12. The molecule has 0 amide bonds. The zero-order valence-electron chi connectivity index (χ0n) is 14.6. The summed E-state index contributed by atoms with van der Waals surface area (Å²) in [6.07, 6.45) is 2.96. The minimum Gasteiger partial charge on any atom is -0.393 e. The third-order valence-electron chi connectivity index (χ3n) is 5.38. The highest BCUT2D eigenvalue weighted by atomic mass is 16.5. The third-order valence-corrected chi connectivity index (χ3v) is 5.38. The van der Waals surface area contributed by atoms with Gasteiger partial charge in [0.25, 0.3) is 0 Å². The van der Waals surface area contributed by atoms with Gasteiger partial charge in [0.1, 0.15) is 0 Å². The average molecular weight is 334 g/mol. The van der Waals surface area contributed by atoms with Crippen LogP contribution in [0.1, 0.15) is 44.2 Å². The van der Waals surface area contributed by atoms with Crippen LogP contribution in [0.25, 0.3) is 0 Å². The standard InChI is InChI=1S/C19H30N2O3/c1-15(20-14-19(23)8-12-24-13-9-19)16-2-4-17(5-3-16)21-10-6-18(22)7-11-21/h2-5,15,18,20,22-23H,6-14H2,1H3. The molecule has 3 N–H and O–H groups in total. The van der Waals surface area contributed by atoms with Crippen LogP contribution in [0.2, 0.25) is 0 Å². The second-order valence-electron chi connectivity index (χ2n) is 7.25. The largest absolute Gasteiger partial charge is 0.393 e. The number of nitrogens with one attached hydrogen (secondary N) is 1. The molecule has 1 atom stereocenters. The van der Waals surface area contributed by atoms with Crippen molar-refractivity contribution in [3.05, 3.63) is 29.8 Å². The molecule has 1 unspecified atom stereocenters. The number of rotatable bonds is 5. The SMILES string of the molecule is CC(NCC1(O)CCOCC1)c1ccc(N2CCC(O)CC2)cc1. The molecule has 0 saturated carbocycles. The zero-order valence-corrected chi connectivity index (χ0v) is 14.6. The Kier molecular flexibility index (Phi) is 5.76. The van der Waals surface area contributed by atoms with Crippen LogP contribution in [-0.2, 0) is 4.74 Å². The van der Waals surface area contributed by atoms with Gasteiger partial charge in [-0.25, -0.2) is 0 Å². The summed E-state index contributed by atoms with van der Waals surface area (Å²) in [5, 5.41) is 23.6. The van der Waals surface area contributed by atoms with Crippen LogP contribution in [0.5, 0.6) is 0 Å². The summed E-state index contributed by atoms with van der Waals surface area (Å²) in [6, 6.07) is 8.84. The molecule has 2 fully saturated rings. The lowest BCUT2D eigenvalue weighted by Gasteiger charge is -2.33. The van der Waals surface area contributed by atoms with Crippen molar-refractivity contribution in [3.8, 4) is 0 Å². The number of aliphatic hydroxyl groups excluding tert-OH is 1. The fourth-order valence-electron chi connectivity index (χ4n) is 3.49. The molecule has 0 aliphatic carbocycles. The van der Waals surface area contributed by atoms with Crippen LogP contribution < -0.4 is 10.2 Å². The molecule has 5 heteroatoms. The molecule has 1 aromatic rings. The summed E-state index contributed by atoms with van der Waals surface area (Å²) >= 11 is 0. The lowest BCUT2D eigenvalue weighted by atomic mass is 9.94. The Morgan fingerprint density at radius 2 is 1.83 bits per heavy atom. The highest BCUT2D eigenvalue weighted by molar-refractivity contribution is 5.48. The van der Waals surface area contributed by atoms with E-state index in [0.717, 1.165) is 25.9 Å². The van der Waals surface area contributed by atoms with Gasteiger partial charge in [-0.1, -0.05) is 12.1 Å². The average Bonchev–Trinajstić information content (AvgIpc) is 2.61. The molecular weight excluding hydrogens is 304 g/mol. The van der Waals surface area contributed by atoms with Crippen molar-refractivity contribution in [1.82, 2.24) is 5.32 Å². The van der Waals surface area contributed by atoms with Crippen LogP contribution >= 0.6 is 0 Å². The molecule has 2 aliphatic rings. The zero-order chi connectivity index (χ0) is 17.0. The predicted octanol–water partition coefficient (Wildman–Crippen LogP) is 1.84. The summed E-state index contributed by atoms with van der Waals surface area (Å²) in [7, 11) is 0. The van der Waals surface area contributed by atoms with Gasteiger partial charge in [-0.15, -0.1) is 0 Å². The minimum absolute atomic E-state index is 0.138. The number of nitrogens with zero attached hydrogens (tertiary/aromatic N) is 1. The van der Waals surface area contributed by atoms with E-state index in [1.165, 1.54) is 11.3 Å². The molecular formula is C19H30N2O3. The van der Waals surface area contributed by atoms with Crippen LogP contribution in [0.3, 0.4) is 0 Å². The van der Waals surface area contributed by atoms with E-state index in [9.17, 15) is 10.2 Å².